The normalized spacial score (nSPS) is 10.7. The second-order valence-corrected chi connectivity index (χ2v) is 5.35. The molecule has 5 nitrogen and oxygen atoms in total. The first-order valence-electron chi connectivity index (χ1n) is 7.56. The lowest BCUT2D eigenvalue weighted by Crippen LogP contribution is -2.12. The molecule has 24 heavy (non-hydrogen) atoms. The fourth-order valence-corrected chi connectivity index (χ4v) is 2.58. The van der Waals surface area contributed by atoms with E-state index in [2.05, 4.69) is 20.3 Å². The minimum absolute atomic E-state index is 0.197. The van der Waals surface area contributed by atoms with Crippen molar-refractivity contribution in [2.45, 2.75) is 0 Å². The highest BCUT2D eigenvalue weighted by Crippen LogP contribution is 2.22. The van der Waals surface area contributed by atoms with Gasteiger partial charge in [0.05, 0.1) is 28.2 Å². The van der Waals surface area contributed by atoms with E-state index >= 15 is 0 Å². The minimum Gasteiger partial charge on any atom is -0.359 e. The number of anilines is 1. The highest BCUT2D eigenvalue weighted by molar-refractivity contribution is 6.08. The van der Waals surface area contributed by atoms with E-state index in [-0.39, 0.29) is 5.91 Å². The summed E-state index contributed by atoms with van der Waals surface area (Å²) in [5.74, 6) is -0.197. The Morgan fingerprint density at radius 2 is 1.83 bits per heavy atom. The second-order valence-electron chi connectivity index (χ2n) is 5.35. The van der Waals surface area contributed by atoms with Crippen LogP contribution in [0.25, 0.3) is 22.3 Å². The molecular formula is C19H14N4O. The van der Waals surface area contributed by atoms with Gasteiger partial charge in [-0.25, -0.2) is 0 Å². The summed E-state index contributed by atoms with van der Waals surface area (Å²) in [4.78, 5) is 24.2. The van der Waals surface area contributed by atoms with E-state index in [0.29, 0.717) is 5.56 Å². The first-order chi connectivity index (χ1) is 11.8. The van der Waals surface area contributed by atoms with Crippen LogP contribution in [-0.2, 0) is 0 Å². The second kappa shape index (κ2) is 5.96. The summed E-state index contributed by atoms with van der Waals surface area (Å²) in [7, 11) is 0. The van der Waals surface area contributed by atoms with Crippen molar-refractivity contribution in [2.75, 3.05) is 5.32 Å². The molecule has 2 N–H and O–H groups in total. The van der Waals surface area contributed by atoms with Gasteiger partial charge in [-0.1, -0.05) is 18.2 Å². The predicted molar refractivity (Wildman–Crippen MR) is 93.7 cm³/mol. The lowest BCUT2D eigenvalue weighted by molar-refractivity contribution is 0.102. The van der Waals surface area contributed by atoms with Crippen LogP contribution in [0.3, 0.4) is 0 Å². The molecule has 3 aromatic heterocycles. The number of hydrogen-bond donors (Lipinski definition) is 2. The van der Waals surface area contributed by atoms with Gasteiger partial charge in [-0.3, -0.25) is 14.8 Å². The van der Waals surface area contributed by atoms with E-state index < -0.39 is 0 Å². The number of aromatic amines is 1. The topological polar surface area (TPSA) is 70.7 Å². The van der Waals surface area contributed by atoms with Gasteiger partial charge < -0.3 is 10.3 Å². The average Bonchev–Trinajstić information content (AvgIpc) is 3.12. The van der Waals surface area contributed by atoms with Crippen LogP contribution in [-0.4, -0.2) is 20.9 Å². The number of aromatic nitrogens is 3. The molecule has 4 aromatic rings. The van der Waals surface area contributed by atoms with Crippen molar-refractivity contribution in [3.8, 4) is 11.4 Å². The molecular weight excluding hydrogens is 300 g/mol. The van der Waals surface area contributed by atoms with Crippen LogP contribution in [0.15, 0.2) is 73.2 Å². The highest BCUT2D eigenvalue weighted by Gasteiger charge is 2.10. The number of benzene rings is 1. The maximum absolute atomic E-state index is 12.4. The van der Waals surface area contributed by atoms with Crippen LogP contribution >= 0.6 is 0 Å². The van der Waals surface area contributed by atoms with Crippen LogP contribution < -0.4 is 5.32 Å². The molecule has 0 aliphatic carbocycles. The molecule has 3 heterocycles. The number of fused-ring (bicyclic) bond motifs is 1. The smallest absolute Gasteiger partial charge is 0.257 e. The van der Waals surface area contributed by atoms with Gasteiger partial charge in [0.25, 0.3) is 5.91 Å². The van der Waals surface area contributed by atoms with E-state index in [1.807, 2.05) is 48.7 Å². The number of rotatable bonds is 3. The van der Waals surface area contributed by atoms with E-state index in [4.69, 9.17) is 0 Å². The molecule has 4 rings (SSSR count). The van der Waals surface area contributed by atoms with E-state index in [1.165, 1.54) is 0 Å². The highest BCUT2D eigenvalue weighted by atomic mass is 16.1. The summed E-state index contributed by atoms with van der Waals surface area (Å²) < 4.78 is 0. The Bertz CT molecular complexity index is 991. The zero-order chi connectivity index (χ0) is 16.4. The molecule has 0 bridgehead atoms. The fourth-order valence-electron chi connectivity index (χ4n) is 2.58. The zero-order valence-corrected chi connectivity index (χ0v) is 12.7. The third kappa shape index (κ3) is 2.63. The number of para-hydroxylation sites is 1. The van der Waals surface area contributed by atoms with Crippen LogP contribution in [0.5, 0.6) is 0 Å². The number of H-pyrrole nitrogens is 1. The Hall–Kier alpha value is -3.47. The first kappa shape index (κ1) is 14.1. The summed E-state index contributed by atoms with van der Waals surface area (Å²) in [6, 6.07) is 16.9. The first-order valence-corrected chi connectivity index (χ1v) is 7.56. The van der Waals surface area contributed by atoms with Crippen molar-refractivity contribution in [3.63, 3.8) is 0 Å². The summed E-state index contributed by atoms with van der Waals surface area (Å²) in [6.45, 7) is 0. The van der Waals surface area contributed by atoms with Crippen molar-refractivity contribution < 1.29 is 4.79 Å². The third-order valence-electron chi connectivity index (χ3n) is 3.79. The fraction of sp³-hybridized carbons (Fsp3) is 0. The van der Waals surface area contributed by atoms with Crippen molar-refractivity contribution in [1.29, 1.82) is 0 Å². The lowest BCUT2D eigenvalue weighted by atomic mass is 10.2. The number of nitrogens with one attached hydrogen (secondary N) is 2. The molecule has 0 aliphatic heterocycles. The zero-order valence-electron chi connectivity index (χ0n) is 12.7. The quantitative estimate of drug-likeness (QED) is 0.603. The molecule has 1 amide bonds. The standard InChI is InChI=1S/C19H14N4O/c24-19(23-17-6-3-4-13-9-11-21-18(13)17)14-7-8-16(22-12-14)15-5-1-2-10-20-15/h1-12,21H,(H,23,24). The Morgan fingerprint density at radius 3 is 2.62 bits per heavy atom. The summed E-state index contributed by atoms with van der Waals surface area (Å²) in [5.41, 5.74) is 3.66. The van der Waals surface area contributed by atoms with Crippen LogP contribution in [0.1, 0.15) is 10.4 Å². The molecule has 0 spiro atoms. The molecule has 0 atom stereocenters. The van der Waals surface area contributed by atoms with Gasteiger partial charge in [-0.05, 0) is 36.4 Å². The van der Waals surface area contributed by atoms with Crippen molar-refractivity contribution in [3.05, 3.63) is 78.8 Å². The summed E-state index contributed by atoms with van der Waals surface area (Å²) >= 11 is 0. The maximum Gasteiger partial charge on any atom is 0.257 e. The summed E-state index contributed by atoms with van der Waals surface area (Å²) in [6.07, 6.45) is 5.13. The molecule has 116 valence electrons. The Labute approximate surface area is 138 Å². The van der Waals surface area contributed by atoms with Gasteiger partial charge in [0, 0.05) is 24.0 Å². The van der Waals surface area contributed by atoms with E-state index in [1.54, 1.807) is 24.5 Å². The molecule has 0 saturated carbocycles. The Morgan fingerprint density at radius 1 is 0.917 bits per heavy atom. The van der Waals surface area contributed by atoms with Gasteiger partial charge in [0.2, 0.25) is 0 Å². The number of amides is 1. The molecule has 0 radical (unpaired) electrons. The minimum atomic E-state index is -0.197. The molecule has 0 fully saturated rings. The maximum atomic E-state index is 12.4. The number of carbonyl (C=O) groups is 1. The molecule has 0 saturated heterocycles. The number of pyridine rings is 2. The molecule has 0 unspecified atom stereocenters. The molecule has 1 aromatic carbocycles. The van der Waals surface area contributed by atoms with E-state index in [0.717, 1.165) is 28.0 Å². The monoisotopic (exact) mass is 314 g/mol. The van der Waals surface area contributed by atoms with Gasteiger partial charge >= 0.3 is 0 Å². The number of nitrogens with zero attached hydrogens (tertiary/aromatic N) is 2. The predicted octanol–water partition coefficient (Wildman–Crippen LogP) is 3.88. The van der Waals surface area contributed by atoms with Gasteiger partial charge in [0.15, 0.2) is 0 Å². The van der Waals surface area contributed by atoms with Gasteiger partial charge in [-0.15, -0.1) is 0 Å². The third-order valence-corrected chi connectivity index (χ3v) is 3.79. The molecule has 0 aliphatic rings. The number of carbonyl (C=O) groups excluding carboxylic acids is 1. The van der Waals surface area contributed by atoms with Crippen molar-refractivity contribution in [2.24, 2.45) is 0 Å². The average molecular weight is 314 g/mol. The van der Waals surface area contributed by atoms with E-state index in [9.17, 15) is 4.79 Å². The van der Waals surface area contributed by atoms with Crippen LogP contribution in [0.4, 0.5) is 5.69 Å². The van der Waals surface area contributed by atoms with Gasteiger partial charge in [-0.2, -0.15) is 0 Å². The summed E-state index contributed by atoms with van der Waals surface area (Å²) in [5, 5.41) is 3.97. The van der Waals surface area contributed by atoms with Crippen LogP contribution in [0, 0.1) is 0 Å². The Kier molecular flexibility index (Phi) is 3.51. The molecule has 5 heteroatoms. The Balaban J connectivity index is 1.58. The van der Waals surface area contributed by atoms with Crippen molar-refractivity contribution >= 4 is 22.5 Å². The largest absolute Gasteiger partial charge is 0.359 e. The number of hydrogen-bond acceptors (Lipinski definition) is 3. The lowest BCUT2D eigenvalue weighted by Gasteiger charge is -2.07. The SMILES string of the molecule is O=C(Nc1cccc2cc[nH]c12)c1ccc(-c2ccccn2)nc1. The van der Waals surface area contributed by atoms with Gasteiger partial charge in [0.1, 0.15) is 0 Å². The van der Waals surface area contributed by atoms with Crippen molar-refractivity contribution in [1.82, 2.24) is 15.0 Å². The van der Waals surface area contributed by atoms with Crippen LogP contribution in [0.2, 0.25) is 0 Å².